The smallest absolute Gasteiger partial charge is 0.325 e. The third-order valence-electron chi connectivity index (χ3n) is 3.20. The Morgan fingerprint density at radius 1 is 1.43 bits per heavy atom. The Morgan fingerprint density at radius 3 is 2.76 bits per heavy atom. The van der Waals surface area contributed by atoms with Crippen molar-refractivity contribution in [1.82, 2.24) is 10.3 Å². The van der Waals surface area contributed by atoms with Crippen molar-refractivity contribution >= 4 is 17.7 Å². The van der Waals surface area contributed by atoms with E-state index in [0.717, 1.165) is 30.0 Å². The number of carbonyl (C=O) groups excluding carboxylic acids is 1. The van der Waals surface area contributed by atoms with Gasteiger partial charge in [0.25, 0.3) is 0 Å². The average Bonchev–Trinajstić information content (AvgIpc) is 2.46. The topological polar surface area (TPSA) is 51.2 Å². The van der Waals surface area contributed by atoms with Crippen LogP contribution in [-0.2, 0) is 9.53 Å². The lowest BCUT2D eigenvalue weighted by Crippen LogP contribution is -2.52. The zero-order chi connectivity index (χ0) is 15.7. The van der Waals surface area contributed by atoms with Crippen LogP contribution in [0.3, 0.4) is 0 Å². The molecule has 1 atom stereocenters. The summed E-state index contributed by atoms with van der Waals surface area (Å²) in [7, 11) is 1.44. The predicted molar refractivity (Wildman–Crippen MR) is 87.5 cm³/mol. The minimum Gasteiger partial charge on any atom is -0.468 e. The van der Waals surface area contributed by atoms with Gasteiger partial charge in [0.05, 0.1) is 12.1 Å². The second kappa shape index (κ2) is 9.05. The van der Waals surface area contributed by atoms with E-state index in [1.165, 1.54) is 7.11 Å². The van der Waals surface area contributed by atoms with Gasteiger partial charge in [0.15, 0.2) is 0 Å². The molecule has 1 rings (SSSR count). The first-order chi connectivity index (χ1) is 9.98. The van der Waals surface area contributed by atoms with Crippen LogP contribution in [0.2, 0.25) is 0 Å². The Labute approximate surface area is 132 Å². The zero-order valence-corrected chi connectivity index (χ0v) is 14.2. The van der Waals surface area contributed by atoms with Gasteiger partial charge < -0.3 is 4.74 Å². The van der Waals surface area contributed by atoms with Crippen molar-refractivity contribution in [3.05, 3.63) is 24.4 Å². The van der Waals surface area contributed by atoms with E-state index in [2.05, 4.69) is 10.3 Å². The lowest BCUT2D eigenvalue weighted by atomic mass is 9.94. The fraction of sp³-hybridized carbons (Fsp3) is 0.625. The van der Waals surface area contributed by atoms with Gasteiger partial charge in [-0.2, -0.15) is 0 Å². The van der Waals surface area contributed by atoms with Crippen LogP contribution in [0, 0.1) is 0 Å². The summed E-state index contributed by atoms with van der Waals surface area (Å²) < 4.78 is 4.93. The molecule has 118 valence electrons. The third-order valence-corrected chi connectivity index (χ3v) is 4.23. The molecule has 0 saturated heterocycles. The van der Waals surface area contributed by atoms with Crippen LogP contribution < -0.4 is 5.32 Å². The highest BCUT2D eigenvalue weighted by molar-refractivity contribution is 7.99. The fourth-order valence-corrected chi connectivity index (χ4v) is 3.15. The second-order valence-electron chi connectivity index (χ2n) is 5.60. The minimum atomic E-state index is -0.599. The molecule has 1 aromatic rings. The van der Waals surface area contributed by atoms with Crippen LogP contribution in [0.1, 0.15) is 40.0 Å². The Kier molecular flexibility index (Phi) is 7.75. The highest BCUT2D eigenvalue weighted by Crippen LogP contribution is 2.20. The van der Waals surface area contributed by atoms with Gasteiger partial charge in [-0.1, -0.05) is 12.5 Å². The van der Waals surface area contributed by atoms with Gasteiger partial charge in [0, 0.05) is 12.2 Å². The van der Waals surface area contributed by atoms with Crippen LogP contribution in [-0.4, -0.2) is 35.4 Å². The number of aromatic nitrogens is 1. The van der Waals surface area contributed by atoms with Gasteiger partial charge >= 0.3 is 5.97 Å². The molecule has 21 heavy (non-hydrogen) atoms. The molecule has 0 radical (unpaired) electrons. The molecule has 0 aromatic carbocycles. The summed E-state index contributed by atoms with van der Waals surface area (Å²) in [6.07, 6.45) is 4.61. The zero-order valence-electron chi connectivity index (χ0n) is 13.4. The molecule has 0 aliphatic rings. The summed E-state index contributed by atoms with van der Waals surface area (Å²) in [5.74, 6) is 0.823. The van der Waals surface area contributed by atoms with E-state index in [1.54, 1.807) is 11.8 Å². The molecule has 0 aliphatic carbocycles. The molecule has 1 unspecified atom stereocenters. The molecular formula is C16H26N2O2S. The van der Waals surface area contributed by atoms with E-state index < -0.39 is 5.54 Å². The molecule has 0 fully saturated rings. The van der Waals surface area contributed by atoms with Crippen LogP contribution >= 0.6 is 11.8 Å². The highest BCUT2D eigenvalue weighted by atomic mass is 32.2. The third kappa shape index (κ3) is 6.48. The van der Waals surface area contributed by atoms with Gasteiger partial charge in [-0.25, -0.2) is 4.98 Å². The van der Waals surface area contributed by atoms with Crippen LogP contribution in [0.25, 0.3) is 0 Å². The van der Waals surface area contributed by atoms with Crippen molar-refractivity contribution < 1.29 is 9.53 Å². The lowest BCUT2D eigenvalue weighted by Gasteiger charge is -2.30. The number of rotatable bonds is 9. The number of carbonyl (C=O) groups is 1. The van der Waals surface area contributed by atoms with Gasteiger partial charge in [-0.15, -0.1) is 11.8 Å². The number of pyridine rings is 1. The number of nitrogens with zero attached hydrogens (tertiary/aromatic N) is 1. The molecule has 1 N–H and O–H groups in total. The molecule has 0 aliphatic heterocycles. The number of esters is 1. The summed E-state index contributed by atoms with van der Waals surface area (Å²) in [4.78, 5) is 16.2. The van der Waals surface area contributed by atoms with E-state index in [0.29, 0.717) is 0 Å². The fourth-order valence-electron chi connectivity index (χ4n) is 2.29. The van der Waals surface area contributed by atoms with Crippen LogP contribution in [0.15, 0.2) is 29.4 Å². The average molecular weight is 310 g/mol. The second-order valence-corrected chi connectivity index (χ2v) is 6.71. The summed E-state index contributed by atoms with van der Waals surface area (Å²) in [5.41, 5.74) is -0.599. The van der Waals surface area contributed by atoms with E-state index in [1.807, 2.05) is 45.2 Å². The van der Waals surface area contributed by atoms with Crippen molar-refractivity contribution in [3.63, 3.8) is 0 Å². The standard InChI is InChI=1S/C16H26N2O2S/c1-13(2)18-16(3,15(19)20-4)10-6-8-12-21-14-9-5-7-11-17-14/h5,7,9,11,13,18H,6,8,10,12H2,1-4H3. The number of methoxy groups -OCH3 is 1. The number of hydrogen-bond acceptors (Lipinski definition) is 5. The Morgan fingerprint density at radius 2 is 2.19 bits per heavy atom. The SMILES string of the molecule is COC(=O)C(C)(CCCCSc1ccccn1)NC(C)C. The Hall–Kier alpha value is -1.07. The van der Waals surface area contributed by atoms with Crippen LogP contribution in [0.4, 0.5) is 0 Å². The van der Waals surface area contributed by atoms with E-state index in [4.69, 9.17) is 4.74 Å². The van der Waals surface area contributed by atoms with Crippen molar-refractivity contribution in [3.8, 4) is 0 Å². The van der Waals surface area contributed by atoms with Crippen molar-refractivity contribution in [2.45, 2.75) is 56.6 Å². The van der Waals surface area contributed by atoms with E-state index in [-0.39, 0.29) is 12.0 Å². The molecule has 1 heterocycles. The minimum absolute atomic E-state index is 0.187. The number of unbranched alkanes of at least 4 members (excludes halogenated alkanes) is 1. The van der Waals surface area contributed by atoms with Gasteiger partial charge in [-0.05, 0) is 51.5 Å². The maximum absolute atomic E-state index is 12.0. The Bertz CT molecular complexity index is 426. The van der Waals surface area contributed by atoms with Gasteiger partial charge in [-0.3, -0.25) is 10.1 Å². The normalized spacial score (nSPS) is 14.0. The summed E-state index contributed by atoms with van der Waals surface area (Å²) in [5, 5.41) is 4.37. The lowest BCUT2D eigenvalue weighted by molar-refractivity contribution is -0.148. The monoisotopic (exact) mass is 310 g/mol. The molecule has 0 saturated carbocycles. The summed E-state index contributed by atoms with van der Waals surface area (Å²) >= 11 is 1.75. The molecule has 1 aromatic heterocycles. The summed E-state index contributed by atoms with van der Waals surface area (Å²) in [6, 6.07) is 6.18. The molecule has 0 bridgehead atoms. The molecule has 0 amide bonds. The number of hydrogen-bond donors (Lipinski definition) is 1. The highest BCUT2D eigenvalue weighted by Gasteiger charge is 2.33. The first-order valence-corrected chi connectivity index (χ1v) is 8.36. The molecule has 5 heteroatoms. The van der Waals surface area contributed by atoms with Crippen molar-refractivity contribution in [2.75, 3.05) is 12.9 Å². The largest absolute Gasteiger partial charge is 0.468 e. The molecule has 4 nitrogen and oxygen atoms in total. The molecule has 0 spiro atoms. The van der Waals surface area contributed by atoms with Crippen LogP contribution in [0.5, 0.6) is 0 Å². The Balaban J connectivity index is 2.35. The predicted octanol–water partition coefficient (Wildman–Crippen LogP) is 3.27. The van der Waals surface area contributed by atoms with Gasteiger partial charge in [0.2, 0.25) is 0 Å². The van der Waals surface area contributed by atoms with Gasteiger partial charge in [0.1, 0.15) is 5.54 Å². The number of nitrogens with one attached hydrogen (secondary N) is 1. The van der Waals surface area contributed by atoms with E-state index >= 15 is 0 Å². The number of thioether (sulfide) groups is 1. The first kappa shape index (κ1) is 18.0. The number of ether oxygens (including phenoxy) is 1. The maximum atomic E-state index is 12.0. The van der Waals surface area contributed by atoms with Crippen molar-refractivity contribution in [1.29, 1.82) is 0 Å². The maximum Gasteiger partial charge on any atom is 0.325 e. The molecular weight excluding hydrogens is 284 g/mol. The van der Waals surface area contributed by atoms with Crippen molar-refractivity contribution in [2.24, 2.45) is 0 Å². The first-order valence-electron chi connectivity index (χ1n) is 7.38. The summed E-state index contributed by atoms with van der Waals surface area (Å²) in [6.45, 7) is 6.00. The van der Waals surface area contributed by atoms with E-state index in [9.17, 15) is 4.79 Å². The quantitative estimate of drug-likeness (QED) is 0.431.